The molecule has 0 saturated carbocycles. The number of benzene rings is 1. The lowest BCUT2D eigenvalue weighted by molar-refractivity contribution is 0.0779. The highest BCUT2D eigenvalue weighted by atomic mass is 16.5. The third-order valence-electron chi connectivity index (χ3n) is 3.95. The first-order valence-corrected chi connectivity index (χ1v) is 7.82. The molecule has 5 heteroatoms. The van der Waals surface area contributed by atoms with Crippen LogP contribution < -0.4 is 4.90 Å². The Kier molecular flexibility index (Phi) is 4.88. The maximum absolute atomic E-state index is 12.6. The van der Waals surface area contributed by atoms with Crippen LogP contribution in [0.4, 0.5) is 5.69 Å². The Bertz CT molecular complexity index is 654. The van der Waals surface area contributed by atoms with Crippen molar-refractivity contribution >= 4 is 11.6 Å². The number of anilines is 1. The first-order valence-electron chi connectivity index (χ1n) is 7.82. The van der Waals surface area contributed by atoms with Crippen molar-refractivity contribution in [2.45, 2.75) is 6.54 Å². The van der Waals surface area contributed by atoms with Crippen LogP contribution in [0.5, 0.6) is 0 Å². The molecular formula is C18H21N3O2. The van der Waals surface area contributed by atoms with Gasteiger partial charge in [0.2, 0.25) is 0 Å². The van der Waals surface area contributed by atoms with E-state index in [1.54, 1.807) is 18.1 Å². The molecular weight excluding hydrogens is 290 g/mol. The van der Waals surface area contributed by atoms with E-state index in [0.29, 0.717) is 12.2 Å². The summed E-state index contributed by atoms with van der Waals surface area (Å²) in [5.74, 6) is -0.0658. The third kappa shape index (κ3) is 3.87. The van der Waals surface area contributed by atoms with Crippen molar-refractivity contribution in [1.29, 1.82) is 0 Å². The minimum Gasteiger partial charge on any atom is -0.378 e. The average Bonchev–Trinajstić information content (AvgIpc) is 2.63. The largest absolute Gasteiger partial charge is 0.378 e. The second kappa shape index (κ2) is 7.24. The van der Waals surface area contributed by atoms with Gasteiger partial charge in [0.25, 0.3) is 5.91 Å². The molecule has 2 heterocycles. The predicted octanol–water partition coefficient (Wildman–Crippen LogP) is 2.19. The summed E-state index contributed by atoms with van der Waals surface area (Å²) in [4.78, 5) is 20.8. The van der Waals surface area contributed by atoms with Crippen molar-refractivity contribution in [3.8, 4) is 0 Å². The van der Waals surface area contributed by atoms with Gasteiger partial charge in [0.05, 0.1) is 13.2 Å². The molecule has 1 aliphatic rings. The minimum atomic E-state index is -0.0658. The van der Waals surface area contributed by atoms with Gasteiger partial charge in [-0.05, 0) is 17.7 Å². The van der Waals surface area contributed by atoms with Gasteiger partial charge in [0, 0.05) is 38.6 Å². The van der Waals surface area contributed by atoms with Crippen LogP contribution in [0.1, 0.15) is 16.1 Å². The van der Waals surface area contributed by atoms with Gasteiger partial charge < -0.3 is 14.5 Å². The lowest BCUT2D eigenvalue weighted by Gasteiger charge is -2.29. The summed E-state index contributed by atoms with van der Waals surface area (Å²) in [6, 6.07) is 13.8. The summed E-state index contributed by atoms with van der Waals surface area (Å²) in [6.45, 7) is 3.71. The molecule has 1 saturated heterocycles. The van der Waals surface area contributed by atoms with Crippen molar-refractivity contribution < 1.29 is 9.53 Å². The fourth-order valence-corrected chi connectivity index (χ4v) is 2.68. The van der Waals surface area contributed by atoms with Gasteiger partial charge in [-0.1, -0.05) is 30.3 Å². The smallest absolute Gasteiger partial charge is 0.272 e. The Labute approximate surface area is 136 Å². The van der Waals surface area contributed by atoms with Crippen LogP contribution in [-0.2, 0) is 11.3 Å². The molecule has 1 aromatic heterocycles. The van der Waals surface area contributed by atoms with Crippen LogP contribution in [0.25, 0.3) is 0 Å². The van der Waals surface area contributed by atoms with Crippen LogP contribution in [-0.4, -0.2) is 49.1 Å². The molecule has 1 aliphatic heterocycles. The van der Waals surface area contributed by atoms with E-state index in [4.69, 9.17) is 4.74 Å². The van der Waals surface area contributed by atoms with Crippen molar-refractivity contribution in [3.63, 3.8) is 0 Å². The monoisotopic (exact) mass is 311 g/mol. The number of rotatable bonds is 4. The predicted molar refractivity (Wildman–Crippen MR) is 89.5 cm³/mol. The Balaban J connectivity index is 1.71. The van der Waals surface area contributed by atoms with Gasteiger partial charge in [-0.25, -0.2) is 0 Å². The van der Waals surface area contributed by atoms with Gasteiger partial charge in [0.1, 0.15) is 5.69 Å². The standard InChI is InChI=1S/C18H21N3O2/c1-20(14-15-5-3-2-4-6-15)18(22)17-13-16(7-8-19-17)21-9-11-23-12-10-21/h2-8,13H,9-12,14H2,1H3. The molecule has 5 nitrogen and oxygen atoms in total. The van der Waals surface area contributed by atoms with Crippen molar-refractivity contribution in [2.24, 2.45) is 0 Å². The highest BCUT2D eigenvalue weighted by molar-refractivity contribution is 5.93. The molecule has 0 atom stereocenters. The van der Waals surface area contributed by atoms with Gasteiger partial charge >= 0.3 is 0 Å². The molecule has 3 rings (SSSR count). The molecule has 0 radical (unpaired) electrons. The van der Waals surface area contributed by atoms with Crippen LogP contribution in [0.2, 0.25) is 0 Å². The molecule has 0 unspecified atom stereocenters. The van der Waals surface area contributed by atoms with E-state index in [1.165, 1.54) is 0 Å². The number of morpholine rings is 1. The maximum Gasteiger partial charge on any atom is 0.272 e. The number of amides is 1. The Morgan fingerprint density at radius 1 is 1.22 bits per heavy atom. The molecule has 1 fully saturated rings. The van der Waals surface area contributed by atoms with Gasteiger partial charge in [-0.2, -0.15) is 0 Å². The Hall–Kier alpha value is -2.40. The number of carbonyl (C=O) groups is 1. The molecule has 0 N–H and O–H groups in total. The quantitative estimate of drug-likeness (QED) is 0.868. The number of pyridine rings is 1. The zero-order chi connectivity index (χ0) is 16.1. The van der Waals surface area contributed by atoms with Crippen LogP contribution in [0, 0.1) is 0 Å². The molecule has 23 heavy (non-hydrogen) atoms. The summed E-state index contributed by atoms with van der Waals surface area (Å²) < 4.78 is 5.37. The van der Waals surface area contributed by atoms with Crippen molar-refractivity contribution in [2.75, 3.05) is 38.3 Å². The second-order valence-electron chi connectivity index (χ2n) is 5.65. The number of carbonyl (C=O) groups excluding carboxylic acids is 1. The van der Waals surface area contributed by atoms with Crippen LogP contribution in [0.3, 0.4) is 0 Å². The zero-order valence-electron chi connectivity index (χ0n) is 13.3. The van der Waals surface area contributed by atoms with Gasteiger partial charge in [-0.15, -0.1) is 0 Å². The average molecular weight is 311 g/mol. The van der Waals surface area contributed by atoms with E-state index < -0.39 is 0 Å². The zero-order valence-corrected chi connectivity index (χ0v) is 13.3. The lowest BCUT2D eigenvalue weighted by Crippen LogP contribution is -2.36. The fraction of sp³-hybridized carbons (Fsp3) is 0.333. The molecule has 1 amide bonds. The summed E-state index contributed by atoms with van der Waals surface area (Å²) in [5.41, 5.74) is 2.61. The van der Waals surface area contributed by atoms with E-state index in [2.05, 4.69) is 9.88 Å². The Morgan fingerprint density at radius 3 is 2.70 bits per heavy atom. The summed E-state index contributed by atoms with van der Waals surface area (Å²) >= 11 is 0. The molecule has 0 aliphatic carbocycles. The number of aromatic nitrogens is 1. The van der Waals surface area contributed by atoms with Gasteiger partial charge in [0.15, 0.2) is 0 Å². The van der Waals surface area contributed by atoms with Crippen molar-refractivity contribution in [3.05, 3.63) is 59.9 Å². The number of hydrogen-bond donors (Lipinski definition) is 0. The highest BCUT2D eigenvalue weighted by Gasteiger charge is 2.17. The molecule has 0 bridgehead atoms. The fourth-order valence-electron chi connectivity index (χ4n) is 2.68. The van der Waals surface area contributed by atoms with E-state index in [-0.39, 0.29) is 5.91 Å². The normalized spacial score (nSPS) is 14.6. The summed E-state index contributed by atoms with van der Waals surface area (Å²) in [5, 5.41) is 0. The van der Waals surface area contributed by atoms with Crippen LogP contribution >= 0.6 is 0 Å². The summed E-state index contributed by atoms with van der Waals surface area (Å²) in [7, 11) is 1.80. The molecule has 1 aromatic carbocycles. The lowest BCUT2D eigenvalue weighted by atomic mass is 10.2. The van der Waals surface area contributed by atoms with E-state index in [1.807, 2.05) is 42.5 Å². The SMILES string of the molecule is CN(Cc1ccccc1)C(=O)c1cc(N2CCOCC2)ccn1. The highest BCUT2D eigenvalue weighted by Crippen LogP contribution is 2.17. The van der Waals surface area contributed by atoms with Gasteiger partial charge in [-0.3, -0.25) is 9.78 Å². The second-order valence-corrected chi connectivity index (χ2v) is 5.65. The minimum absolute atomic E-state index is 0.0658. The first-order chi connectivity index (χ1) is 11.2. The Morgan fingerprint density at radius 2 is 1.96 bits per heavy atom. The molecule has 2 aromatic rings. The van der Waals surface area contributed by atoms with E-state index >= 15 is 0 Å². The number of hydrogen-bond acceptors (Lipinski definition) is 4. The maximum atomic E-state index is 12.6. The molecule has 120 valence electrons. The molecule has 0 spiro atoms. The van der Waals surface area contributed by atoms with E-state index in [9.17, 15) is 4.79 Å². The topological polar surface area (TPSA) is 45.7 Å². The number of ether oxygens (including phenoxy) is 1. The number of nitrogens with zero attached hydrogens (tertiary/aromatic N) is 3. The summed E-state index contributed by atoms with van der Waals surface area (Å²) in [6.07, 6.45) is 1.70. The van der Waals surface area contributed by atoms with Crippen LogP contribution in [0.15, 0.2) is 48.7 Å². The van der Waals surface area contributed by atoms with E-state index in [0.717, 1.165) is 37.6 Å². The van der Waals surface area contributed by atoms with Crippen molar-refractivity contribution in [1.82, 2.24) is 9.88 Å². The first kappa shape index (κ1) is 15.5. The third-order valence-corrected chi connectivity index (χ3v) is 3.95.